The van der Waals surface area contributed by atoms with Crippen LogP contribution in [0.2, 0.25) is 0 Å². The first-order chi connectivity index (χ1) is 8.25. The van der Waals surface area contributed by atoms with Gasteiger partial charge >= 0.3 is 0 Å². The predicted molar refractivity (Wildman–Crippen MR) is 66.6 cm³/mol. The first-order valence-electron chi connectivity index (χ1n) is 5.30. The van der Waals surface area contributed by atoms with E-state index < -0.39 is 0 Å². The predicted octanol–water partition coefficient (Wildman–Crippen LogP) is 1.71. The third-order valence-electron chi connectivity index (χ3n) is 2.41. The zero-order chi connectivity index (χ0) is 12.1. The number of hydrogen-bond acceptors (Lipinski definition) is 4. The molecular weight excluding hydrogens is 234 g/mol. The highest BCUT2D eigenvalue weighted by molar-refractivity contribution is 7.09. The highest BCUT2D eigenvalue weighted by Gasteiger charge is 2.07. The second-order valence-corrected chi connectivity index (χ2v) is 4.61. The molecule has 0 fully saturated rings. The second kappa shape index (κ2) is 5.54. The van der Waals surface area contributed by atoms with Crippen LogP contribution < -0.4 is 5.32 Å². The lowest BCUT2D eigenvalue weighted by molar-refractivity contribution is -0.120. The molecule has 88 valence electrons. The Morgan fingerprint density at radius 3 is 2.82 bits per heavy atom. The number of hydrogen-bond donors (Lipinski definition) is 1. The van der Waals surface area contributed by atoms with Gasteiger partial charge in [-0.15, -0.1) is 11.3 Å². The van der Waals surface area contributed by atoms with Crippen LogP contribution in [0.15, 0.2) is 30.0 Å². The summed E-state index contributed by atoms with van der Waals surface area (Å²) in [6.07, 6.45) is 3.84. The molecule has 2 aromatic heterocycles. The number of amides is 1. The maximum Gasteiger partial charge on any atom is 0.225 e. The van der Waals surface area contributed by atoms with E-state index in [9.17, 15) is 4.79 Å². The van der Waals surface area contributed by atoms with Gasteiger partial charge in [0.05, 0.1) is 17.6 Å². The lowest BCUT2D eigenvalue weighted by Gasteiger charge is -2.04. The zero-order valence-electron chi connectivity index (χ0n) is 9.51. The lowest BCUT2D eigenvalue weighted by atomic mass is 10.2. The highest BCUT2D eigenvalue weighted by atomic mass is 32.1. The second-order valence-electron chi connectivity index (χ2n) is 3.67. The Morgan fingerprint density at radius 2 is 2.18 bits per heavy atom. The molecule has 0 unspecified atom stereocenters. The normalized spacial score (nSPS) is 10.2. The van der Waals surface area contributed by atoms with E-state index in [1.165, 1.54) is 11.3 Å². The molecule has 2 heterocycles. The number of carbonyl (C=O) groups excluding carboxylic acids is 1. The van der Waals surface area contributed by atoms with Gasteiger partial charge in [-0.25, -0.2) is 4.98 Å². The molecule has 17 heavy (non-hydrogen) atoms. The number of rotatable bonds is 4. The smallest absolute Gasteiger partial charge is 0.225 e. The molecule has 0 bridgehead atoms. The van der Waals surface area contributed by atoms with E-state index in [1.54, 1.807) is 17.9 Å². The van der Waals surface area contributed by atoms with Crippen molar-refractivity contribution in [1.82, 2.24) is 15.3 Å². The summed E-state index contributed by atoms with van der Waals surface area (Å²) in [6, 6.07) is 3.77. The number of nitrogens with one attached hydrogen (secondary N) is 1. The molecule has 2 rings (SSSR count). The van der Waals surface area contributed by atoms with Crippen LogP contribution in [0, 0.1) is 6.92 Å². The van der Waals surface area contributed by atoms with Gasteiger partial charge in [0, 0.05) is 23.8 Å². The topological polar surface area (TPSA) is 54.9 Å². The fourth-order valence-electron chi connectivity index (χ4n) is 1.41. The summed E-state index contributed by atoms with van der Waals surface area (Å²) in [7, 11) is 0. The van der Waals surface area contributed by atoms with E-state index in [-0.39, 0.29) is 5.91 Å². The van der Waals surface area contributed by atoms with E-state index in [4.69, 9.17) is 0 Å². The number of thiazole rings is 1. The van der Waals surface area contributed by atoms with Crippen LogP contribution >= 0.6 is 11.3 Å². The Hall–Kier alpha value is -1.75. The Bertz CT molecular complexity index is 495. The van der Waals surface area contributed by atoms with Crippen LogP contribution in [-0.4, -0.2) is 15.9 Å². The van der Waals surface area contributed by atoms with Crippen LogP contribution in [0.5, 0.6) is 0 Å². The molecule has 0 aromatic carbocycles. The van der Waals surface area contributed by atoms with Gasteiger partial charge in [0.2, 0.25) is 5.91 Å². The number of nitrogens with zero attached hydrogens (tertiary/aromatic N) is 2. The molecule has 1 amide bonds. The Labute approximate surface area is 104 Å². The first kappa shape index (κ1) is 11.7. The maximum absolute atomic E-state index is 11.7. The van der Waals surface area contributed by atoms with Crippen molar-refractivity contribution in [3.05, 3.63) is 46.2 Å². The maximum atomic E-state index is 11.7. The molecule has 4 nitrogen and oxygen atoms in total. The Kier molecular flexibility index (Phi) is 3.82. The molecule has 5 heteroatoms. The summed E-state index contributed by atoms with van der Waals surface area (Å²) < 4.78 is 0. The van der Waals surface area contributed by atoms with Crippen molar-refractivity contribution < 1.29 is 4.79 Å². The van der Waals surface area contributed by atoms with E-state index in [2.05, 4.69) is 15.3 Å². The SMILES string of the molecule is Cc1ncsc1CC(=O)NCc1ccncc1. The van der Waals surface area contributed by atoms with Gasteiger partial charge in [0.1, 0.15) is 0 Å². The van der Waals surface area contributed by atoms with Crippen LogP contribution in [0.25, 0.3) is 0 Å². The average Bonchev–Trinajstić information content (AvgIpc) is 2.74. The average molecular weight is 247 g/mol. The van der Waals surface area contributed by atoms with Crippen molar-refractivity contribution >= 4 is 17.2 Å². The molecule has 0 aliphatic heterocycles. The van der Waals surface area contributed by atoms with Crippen molar-refractivity contribution in [2.24, 2.45) is 0 Å². The van der Waals surface area contributed by atoms with Crippen LogP contribution in [-0.2, 0) is 17.8 Å². The van der Waals surface area contributed by atoms with Crippen LogP contribution in [0.1, 0.15) is 16.1 Å². The number of aryl methyl sites for hydroxylation is 1. The quantitative estimate of drug-likeness (QED) is 0.894. The van der Waals surface area contributed by atoms with Crippen molar-refractivity contribution in [3.63, 3.8) is 0 Å². The lowest BCUT2D eigenvalue weighted by Crippen LogP contribution is -2.24. The summed E-state index contributed by atoms with van der Waals surface area (Å²) in [5, 5.41) is 2.88. The Balaban J connectivity index is 1.85. The standard InChI is InChI=1S/C12H13N3OS/c1-9-11(17-8-15-9)6-12(16)14-7-10-2-4-13-5-3-10/h2-5,8H,6-7H2,1H3,(H,14,16). The molecule has 0 radical (unpaired) electrons. The minimum Gasteiger partial charge on any atom is -0.352 e. The molecular formula is C12H13N3OS. The molecule has 0 atom stereocenters. The minimum atomic E-state index is 0.0224. The van der Waals surface area contributed by atoms with Gasteiger partial charge < -0.3 is 5.32 Å². The molecule has 0 saturated carbocycles. The van der Waals surface area contributed by atoms with Crippen molar-refractivity contribution in [1.29, 1.82) is 0 Å². The summed E-state index contributed by atoms with van der Waals surface area (Å²) in [4.78, 5) is 20.8. The highest BCUT2D eigenvalue weighted by Crippen LogP contribution is 2.12. The fraction of sp³-hybridized carbons (Fsp3) is 0.250. The molecule has 2 aromatic rings. The fourth-order valence-corrected chi connectivity index (χ4v) is 2.18. The molecule has 0 spiro atoms. The molecule has 1 N–H and O–H groups in total. The summed E-state index contributed by atoms with van der Waals surface area (Å²) in [5.41, 5.74) is 3.75. The van der Waals surface area contributed by atoms with Crippen LogP contribution in [0.4, 0.5) is 0 Å². The van der Waals surface area contributed by atoms with Gasteiger partial charge in [-0.1, -0.05) is 0 Å². The van der Waals surface area contributed by atoms with E-state index >= 15 is 0 Å². The zero-order valence-corrected chi connectivity index (χ0v) is 10.3. The van der Waals surface area contributed by atoms with Crippen molar-refractivity contribution in [2.45, 2.75) is 19.9 Å². The van der Waals surface area contributed by atoms with Gasteiger partial charge in [0.25, 0.3) is 0 Å². The summed E-state index contributed by atoms with van der Waals surface area (Å²) >= 11 is 1.52. The van der Waals surface area contributed by atoms with Gasteiger partial charge in [-0.3, -0.25) is 9.78 Å². The third-order valence-corrected chi connectivity index (χ3v) is 3.34. The van der Waals surface area contributed by atoms with E-state index in [0.717, 1.165) is 16.1 Å². The first-order valence-corrected chi connectivity index (χ1v) is 6.18. The van der Waals surface area contributed by atoms with E-state index in [1.807, 2.05) is 19.1 Å². The number of carbonyl (C=O) groups is 1. The number of aromatic nitrogens is 2. The third kappa shape index (κ3) is 3.35. The monoisotopic (exact) mass is 247 g/mol. The van der Waals surface area contributed by atoms with E-state index in [0.29, 0.717) is 13.0 Å². The van der Waals surface area contributed by atoms with Gasteiger partial charge in [-0.05, 0) is 24.6 Å². The molecule has 0 aliphatic carbocycles. The molecule has 0 aliphatic rings. The van der Waals surface area contributed by atoms with Gasteiger partial charge in [0.15, 0.2) is 0 Å². The van der Waals surface area contributed by atoms with Crippen molar-refractivity contribution in [2.75, 3.05) is 0 Å². The summed E-state index contributed by atoms with van der Waals surface area (Å²) in [5.74, 6) is 0.0224. The minimum absolute atomic E-state index is 0.0224. The van der Waals surface area contributed by atoms with Gasteiger partial charge in [-0.2, -0.15) is 0 Å². The Morgan fingerprint density at radius 1 is 1.41 bits per heavy atom. The van der Waals surface area contributed by atoms with Crippen molar-refractivity contribution in [3.8, 4) is 0 Å². The number of pyridine rings is 1. The largest absolute Gasteiger partial charge is 0.352 e. The molecule has 0 saturated heterocycles. The summed E-state index contributed by atoms with van der Waals surface area (Å²) in [6.45, 7) is 2.46. The van der Waals surface area contributed by atoms with Crippen LogP contribution in [0.3, 0.4) is 0 Å².